The first-order valence-corrected chi connectivity index (χ1v) is 7.55. The van der Waals surface area contributed by atoms with Crippen molar-refractivity contribution in [1.29, 1.82) is 5.26 Å². The highest BCUT2D eigenvalue weighted by atomic mass is 35.5. The monoisotopic (exact) mass is 330 g/mol. The Hall–Kier alpha value is -2.16. The van der Waals surface area contributed by atoms with Crippen molar-refractivity contribution in [3.8, 4) is 6.07 Å². The Morgan fingerprint density at radius 1 is 1.32 bits per heavy atom. The molecule has 1 N–H and O–H groups in total. The van der Waals surface area contributed by atoms with Gasteiger partial charge in [0.2, 0.25) is 0 Å². The molecule has 4 nitrogen and oxygen atoms in total. The molecule has 0 amide bonds. The minimum absolute atomic E-state index is 0.388. The van der Waals surface area contributed by atoms with Crippen molar-refractivity contribution in [2.24, 2.45) is 0 Å². The molecule has 6 heteroatoms. The number of thiocarbonyl (C=S) groups is 1. The normalized spacial score (nSPS) is 9.82. The van der Waals surface area contributed by atoms with E-state index in [0.717, 1.165) is 11.3 Å². The third kappa shape index (κ3) is 4.69. The van der Waals surface area contributed by atoms with Gasteiger partial charge in [-0.05, 0) is 36.0 Å². The number of nitrogens with zero attached hydrogens (tertiary/aromatic N) is 3. The molecule has 0 saturated carbocycles. The van der Waals surface area contributed by atoms with Gasteiger partial charge in [-0.15, -0.1) is 0 Å². The Labute approximate surface area is 140 Å². The second kappa shape index (κ2) is 8.32. The van der Waals surface area contributed by atoms with Crippen molar-refractivity contribution in [2.75, 3.05) is 11.9 Å². The summed E-state index contributed by atoms with van der Waals surface area (Å²) in [6.45, 7) is 1.08. The molecule has 0 aliphatic rings. The Bertz CT molecular complexity index is 669. The molecular weight excluding hydrogens is 316 g/mol. The van der Waals surface area contributed by atoms with Crippen molar-refractivity contribution in [2.45, 2.75) is 13.0 Å². The minimum atomic E-state index is 0.388. The van der Waals surface area contributed by atoms with Crippen LogP contribution in [0, 0.1) is 11.3 Å². The van der Waals surface area contributed by atoms with Crippen LogP contribution in [0.1, 0.15) is 12.0 Å². The number of benzene rings is 1. The van der Waals surface area contributed by atoms with E-state index in [1.807, 2.05) is 41.3 Å². The Morgan fingerprint density at radius 2 is 2.14 bits per heavy atom. The molecule has 0 radical (unpaired) electrons. The van der Waals surface area contributed by atoms with E-state index in [1.54, 1.807) is 12.4 Å². The van der Waals surface area contributed by atoms with Gasteiger partial charge in [0.05, 0.1) is 24.4 Å². The van der Waals surface area contributed by atoms with E-state index in [1.165, 1.54) is 0 Å². The highest BCUT2D eigenvalue weighted by molar-refractivity contribution is 7.80. The number of hydrogen-bond donors (Lipinski definition) is 1. The first kappa shape index (κ1) is 16.2. The number of anilines is 1. The molecule has 0 unspecified atom stereocenters. The summed E-state index contributed by atoms with van der Waals surface area (Å²) in [6.07, 6.45) is 3.79. The molecule has 0 aliphatic heterocycles. The third-order valence-electron chi connectivity index (χ3n) is 3.01. The molecule has 0 spiro atoms. The van der Waals surface area contributed by atoms with E-state index >= 15 is 0 Å². The number of rotatable bonds is 5. The third-order valence-corrected chi connectivity index (χ3v) is 3.74. The summed E-state index contributed by atoms with van der Waals surface area (Å²) in [6, 6.07) is 13.5. The largest absolute Gasteiger partial charge is 0.344 e. The molecular formula is C16H15ClN4S. The van der Waals surface area contributed by atoms with E-state index in [2.05, 4.69) is 16.4 Å². The van der Waals surface area contributed by atoms with Gasteiger partial charge in [-0.2, -0.15) is 5.26 Å². The van der Waals surface area contributed by atoms with E-state index in [4.69, 9.17) is 29.1 Å². The maximum atomic E-state index is 8.83. The van der Waals surface area contributed by atoms with Gasteiger partial charge in [0, 0.05) is 24.3 Å². The molecule has 1 aromatic heterocycles. The molecule has 112 valence electrons. The van der Waals surface area contributed by atoms with Crippen molar-refractivity contribution >= 4 is 34.6 Å². The minimum Gasteiger partial charge on any atom is -0.344 e. The van der Waals surface area contributed by atoms with Crippen LogP contribution >= 0.6 is 23.8 Å². The second-order valence-corrected chi connectivity index (χ2v) is 5.39. The fourth-order valence-corrected chi connectivity index (χ4v) is 2.38. The van der Waals surface area contributed by atoms with Crippen molar-refractivity contribution < 1.29 is 0 Å². The summed E-state index contributed by atoms with van der Waals surface area (Å²) in [5, 5.41) is 13.2. The van der Waals surface area contributed by atoms with Crippen LogP contribution in [0.5, 0.6) is 0 Å². The van der Waals surface area contributed by atoms with E-state index in [9.17, 15) is 0 Å². The van der Waals surface area contributed by atoms with Gasteiger partial charge in [-0.1, -0.05) is 29.8 Å². The molecule has 0 fully saturated rings. The molecule has 0 bridgehead atoms. The lowest BCUT2D eigenvalue weighted by Crippen LogP contribution is -2.35. The highest BCUT2D eigenvalue weighted by Gasteiger charge is 2.12. The smallest absolute Gasteiger partial charge is 0.173 e. The number of halogens is 1. The van der Waals surface area contributed by atoms with Gasteiger partial charge in [0.15, 0.2) is 5.11 Å². The lowest BCUT2D eigenvalue weighted by Gasteiger charge is -2.25. The van der Waals surface area contributed by atoms with Gasteiger partial charge in [0.1, 0.15) is 0 Å². The van der Waals surface area contributed by atoms with Crippen LogP contribution in [0.3, 0.4) is 0 Å². The lowest BCUT2D eigenvalue weighted by molar-refractivity contribution is 0.428. The summed E-state index contributed by atoms with van der Waals surface area (Å²) < 4.78 is 0. The average molecular weight is 331 g/mol. The van der Waals surface area contributed by atoms with Crippen LogP contribution in [0.25, 0.3) is 0 Å². The number of hydrogen-bond acceptors (Lipinski definition) is 3. The maximum absolute atomic E-state index is 8.83. The molecule has 1 heterocycles. The van der Waals surface area contributed by atoms with Gasteiger partial charge in [-0.3, -0.25) is 4.98 Å². The quantitative estimate of drug-likeness (QED) is 0.844. The second-order valence-electron chi connectivity index (χ2n) is 4.59. The van der Waals surface area contributed by atoms with Crippen LogP contribution in [0.2, 0.25) is 5.02 Å². The first-order chi connectivity index (χ1) is 10.7. The predicted octanol–water partition coefficient (Wildman–Crippen LogP) is 3.85. The predicted molar refractivity (Wildman–Crippen MR) is 92.5 cm³/mol. The number of aromatic nitrogens is 1. The van der Waals surface area contributed by atoms with Crippen LogP contribution in [-0.2, 0) is 6.54 Å². The molecule has 22 heavy (non-hydrogen) atoms. The Morgan fingerprint density at radius 3 is 2.82 bits per heavy atom. The van der Waals surface area contributed by atoms with E-state index in [0.29, 0.717) is 29.6 Å². The molecule has 0 aliphatic carbocycles. The standard InChI is InChI=1S/C16H15ClN4S/c17-15-7-2-1-5-13(15)12-21(10-4-8-18)16(22)20-14-6-3-9-19-11-14/h1-3,5-7,9,11H,4,10,12H2,(H,20,22). The van der Waals surface area contributed by atoms with E-state index < -0.39 is 0 Å². The zero-order chi connectivity index (χ0) is 15.8. The van der Waals surface area contributed by atoms with Crippen molar-refractivity contribution in [3.63, 3.8) is 0 Å². The fourth-order valence-electron chi connectivity index (χ4n) is 1.91. The number of nitriles is 1. The van der Waals surface area contributed by atoms with Crippen LogP contribution in [0.15, 0.2) is 48.8 Å². The Kier molecular flexibility index (Phi) is 6.13. The zero-order valence-electron chi connectivity index (χ0n) is 11.9. The topological polar surface area (TPSA) is 52.0 Å². The van der Waals surface area contributed by atoms with E-state index in [-0.39, 0.29) is 0 Å². The molecule has 2 rings (SSSR count). The summed E-state index contributed by atoms with van der Waals surface area (Å²) in [4.78, 5) is 5.97. The zero-order valence-corrected chi connectivity index (χ0v) is 13.4. The van der Waals surface area contributed by atoms with Crippen LogP contribution in [-0.4, -0.2) is 21.5 Å². The first-order valence-electron chi connectivity index (χ1n) is 6.77. The van der Waals surface area contributed by atoms with Crippen LogP contribution < -0.4 is 5.32 Å². The van der Waals surface area contributed by atoms with Crippen molar-refractivity contribution in [1.82, 2.24) is 9.88 Å². The van der Waals surface area contributed by atoms with Gasteiger partial charge >= 0.3 is 0 Å². The number of pyridine rings is 1. The summed E-state index contributed by atoms with van der Waals surface area (Å²) >= 11 is 11.6. The molecule has 2 aromatic rings. The van der Waals surface area contributed by atoms with Gasteiger partial charge < -0.3 is 10.2 Å². The molecule has 0 saturated heterocycles. The summed E-state index contributed by atoms with van der Waals surface area (Å²) in [5.41, 5.74) is 1.78. The fraction of sp³-hybridized carbons (Fsp3) is 0.188. The van der Waals surface area contributed by atoms with Crippen molar-refractivity contribution in [3.05, 3.63) is 59.4 Å². The summed E-state index contributed by atoms with van der Waals surface area (Å²) in [5.74, 6) is 0. The lowest BCUT2D eigenvalue weighted by atomic mass is 10.2. The Balaban J connectivity index is 2.10. The number of nitrogens with one attached hydrogen (secondary N) is 1. The summed E-state index contributed by atoms with van der Waals surface area (Å²) in [7, 11) is 0. The SMILES string of the molecule is N#CCCN(Cc1ccccc1Cl)C(=S)Nc1cccnc1. The van der Waals surface area contributed by atoms with Gasteiger partial charge in [-0.25, -0.2) is 0 Å². The molecule has 1 aromatic carbocycles. The average Bonchev–Trinajstić information content (AvgIpc) is 2.54. The van der Waals surface area contributed by atoms with Gasteiger partial charge in [0.25, 0.3) is 0 Å². The maximum Gasteiger partial charge on any atom is 0.173 e. The highest BCUT2D eigenvalue weighted by Crippen LogP contribution is 2.18. The molecule has 0 atom stereocenters. The van der Waals surface area contributed by atoms with Crippen LogP contribution in [0.4, 0.5) is 5.69 Å².